The number of nitrogens with zero attached hydrogens (tertiary/aromatic N) is 5. The summed E-state index contributed by atoms with van der Waals surface area (Å²) in [7, 11) is 0. The van der Waals surface area contributed by atoms with E-state index in [0.29, 0.717) is 47.6 Å². The van der Waals surface area contributed by atoms with Crippen molar-refractivity contribution < 1.29 is 9.18 Å². The first-order valence-electron chi connectivity index (χ1n) is 7.99. The fourth-order valence-corrected chi connectivity index (χ4v) is 3.27. The third kappa shape index (κ3) is 2.95. The molecule has 0 aromatic carbocycles. The maximum Gasteiger partial charge on any atom is 0.255 e. The van der Waals surface area contributed by atoms with Gasteiger partial charge in [-0.15, -0.1) is 0 Å². The van der Waals surface area contributed by atoms with Crippen molar-refractivity contribution in [1.29, 1.82) is 0 Å². The molecule has 0 bridgehead atoms. The van der Waals surface area contributed by atoms with Crippen LogP contribution in [0.2, 0.25) is 5.02 Å². The highest BCUT2D eigenvalue weighted by Crippen LogP contribution is 2.28. The van der Waals surface area contributed by atoms with Gasteiger partial charge in [-0.25, -0.2) is 19.3 Å². The Morgan fingerprint density at radius 2 is 1.92 bits per heavy atom. The van der Waals surface area contributed by atoms with Crippen LogP contribution in [0.5, 0.6) is 0 Å². The highest BCUT2D eigenvalue weighted by molar-refractivity contribution is 6.35. The van der Waals surface area contributed by atoms with Gasteiger partial charge >= 0.3 is 0 Å². The predicted octanol–water partition coefficient (Wildman–Crippen LogP) is 3.04. The Labute approximate surface area is 148 Å². The van der Waals surface area contributed by atoms with E-state index >= 15 is 0 Å². The summed E-state index contributed by atoms with van der Waals surface area (Å²) in [4.78, 5) is 26.7. The molecule has 6 nitrogen and oxygen atoms in total. The second-order valence-corrected chi connectivity index (χ2v) is 6.41. The highest BCUT2D eigenvalue weighted by atomic mass is 35.5. The van der Waals surface area contributed by atoms with Crippen molar-refractivity contribution in [2.45, 2.75) is 19.0 Å². The molecule has 1 aliphatic heterocycles. The Kier molecular flexibility index (Phi) is 4.09. The average molecular weight is 360 g/mol. The van der Waals surface area contributed by atoms with Crippen LogP contribution in [0.4, 0.5) is 4.39 Å². The molecule has 0 radical (unpaired) electrons. The Bertz CT molecular complexity index is 921. The van der Waals surface area contributed by atoms with E-state index in [1.54, 1.807) is 34.1 Å². The first-order valence-corrected chi connectivity index (χ1v) is 8.36. The van der Waals surface area contributed by atoms with Crippen LogP contribution in [0.3, 0.4) is 0 Å². The zero-order valence-corrected chi connectivity index (χ0v) is 14.0. The molecule has 8 heteroatoms. The van der Waals surface area contributed by atoms with E-state index in [-0.39, 0.29) is 5.91 Å². The summed E-state index contributed by atoms with van der Waals surface area (Å²) in [6, 6.07) is 1.73. The fourth-order valence-electron chi connectivity index (χ4n) is 3.03. The molecular weight excluding hydrogens is 345 g/mol. The molecule has 0 aliphatic carbocycles. The number of amides is 1. The summed E-state index contributed by atoms with van der Waals surface area (Å²) in [5, 5.41) is 1.17. The average Bonchev–Trinajstić information content (AvgIpc) is 2.99. The number of alkyl halides is 1. The molecule has 128 valence electrons. The minimum absolute atomic E-state index is 0.145. The van der Waals surface area contributed by atoms with Crippen LogP contribution in [-0.2, 0) is 0 Å². The molecule has 0 unspecified atom stereocenters. The van der Waals surface area contributed by atoms with Gasteiger partial charge in [0, 0.05) is 30.9 Å². The van der Waals surface area contributed by atoms with Crippen molar-refractivity contribution in [3.8, 4) is 5.69 Å². The molecule has 4 heterocycles. The van der Waals surface area contributed by atoms with E-state index < -0.39 is 6.17 Å². The molecule has 4 rings (SSSR count). The minimum Gasteiger partial charge on any atom is -0.338 e. The Morgan fingerprint density at radius 1 is 1.20 bits per heavy atom. The number of carbonyl (C=O) groups is 1. The summed E-state index contributed by atoms with van der Waals surface area (Å²) in [5.74, 6) is -0.145. The Morgan fingerprint density at radius 3 is 2.64 bits per heavy atom. The first-order chi connectivity index (χ1) is 12.1. The maximum atomic E-state index is 13.3. The lowest BCUT2D eigenvalue weighted by atomic mass is 10.1. The highest BCUT2D eigenvalue weighted by Gasteiger charge is 2.24. The third-order valence-corrected chi connectivity index (χ3v) is 4.68. The van der Waals surface area contributed by atoms with Gasteiger partial charge in [-0.1, -0.05) is 11.6 Å². The summed E-state index contributed by atoms with van der Waals surface area (Å²) >= 11 is 6.33. The Balaban J connectivity index is 1.69. The maximum absolute atomic E-state index is 13.3. The molecule has 1 aliphatic rings. The first kappa shape index (κ1) is 16.0. The van der Waals surface area contributed by atoms with Gasteiger partial charge in [0.2, 0.25) is 0 Å². The van der Waals surface area contributed by atoms with E-state index in [0.717, 1.165) is 5.69 Å². The molecule has 1 saturated heterocycles. The van der Waals surface area contributed by atoms with Crippen molar-refractivity contribution in [1.82, 2.24) is 24.4 Å². The van der Waals surface area contributed by atoms with Crippen LogP contribution >= 0.6 is 11.6 Å². The number of aromatic nitrogens is 4. The summed E-state index contributed by atoms with van der Waals surface area (Å²) < 4.78 is 15.0. The molecule has 1 amide bonds. The quantitative estimate of drug-likeness (QED) is 0.705. The SMILES string of the molecule is O=C(c1cnc2c(c1)c(Cl)cn2-c1cncnc1)N1CCC(F)CC1. The number of piperidine rings is 1. The van der Waals surface area contributed by atoms with Gasteiger partial charge in [-0.3, -0.25) is 9.36 Å². The van der Waals surface area contributed by atoms with Gasteiger partial charge < -0.3 is 4.90 Å². The van der Waals surface area contributed by atoms with E-state index in [2.05, 4.69) is 15.0 Å². The second-order valence-electron chi connectivity index (χ2n) is 6.01. The van der Waals surface area contributed by atoms with Crippen LogP contribution in [0.15, 0.2) is 37.2 Å². The van der Waals surface area contributed by atoms with E-state index in [1.165, 1.54) is 12.5 Å². The smallest absolute Gasteiger partial charge is 0.255 e. The number of fused-ring (bicyclic) bond motifs is 1. The topological polar surface area (TPSA) is 63.9 Å². The fraction of sp³-hybridized carbons (Fsp3) is 0.294. The Hall–Kier alpha value is -2.54. The van der Waals surface area contributed by atoms with Gasteiger partial charge in [-0.05, 0) is 18.9 Å². The summed E-state index contributed by atoms with van der Waals surface area (Å²) in [6.45, 7) is 0.849. The standard InChI is InChI=1S/C17H15ClFN5O/c18-15-9-24(13-7-20-10-21-8-13)16-14(15)5-11(6-22-16)17(25)23-3-1-12(19)2-4-23/h5-10,12H,1-4H2. The van der Waals surface area contributed by atoms with Crippen LogP contribution in [0.1, 0.15) is 23.2 Å². The van der Waals surface area contributed by atoms with E-state index in [1.807, 2.05) is 0 Å². The largest absolute Gasteiger partial charge is 0.338 e. The zero-order valence-electron chi connectivity index (χ0n) is 13.3. The van der Waals surface area contributed by atoms with Gasteiger partial charge in [0.1, 0.15) is 18.1 Å². The third-order valence-electron chi connectivity index (χ3n) is 4.38. The molecule has 0 N–H and O–H groups in total. The second kappa shape index (κ2) is 6.40. The van der Waals surface area contributed by atoms with Crippen molar-refractivity contribution in [3.63, 3.8) is 0 Å². The lowest BCUT2D eigenvalue weighted by Crippen LogP contribution is -2.39. The van der Waals surface area contributed by atoms with Crippen molar-refractivity contribution in [2.75, 3.05) is 13.1 Å². The van der Waals surface area contributed by atoms with E-state index in [9.17, 15) is 9.18 Å². The normalized spacial score (nSPS) is 15.7. The van der Waals surface area contributed by atoms with Gasteiger partial charge in [0.05, 0.1) is 28.7 Å². The lowest BCUT2D eigenvalue weighted by Gasteiger charge is -2.28. The van der Waals surface area contributed by atoms with Gasteiger partial charge in [0.15, 0.2) is 0 Å². The molecule has 1 fully saturated rings. The van der Waals surface area contributed by atoms with E-state index in [4.69, 9.17) is 11.6 Å². The number of halogens is 2. The van der Waals surface area contributed by atoms with Crippen LogP contribution < -0.4 is 0 Å². The summed E-state index contributed by atoms with van der Waals surface area (Å²) in [6.07, 6.45) is 7.96. The van der Waals surface area contributed by atoms with Crippen molar-refractivity contribution in [2.24, 2.45) is 0 Å². The lowest BCUT2D eigenvalue weighted by molar-refractivity contribution is 0.0667. The molecule has 0 atom stereocenters. The molecule has 0 saturated carbocycles. The molecule has 3 aromatic rings. The molecule has 0 spiro atoms. The van der Waals surface area contributed by atoms with Crippen LogP contribution in [-0.4, -0.2) is 49.6 Å². The molecule has 25 heavy (non-hydrogen) atoms. The number of pyridine rings is 1. The number of hydrogen-bond acceptors (Lipinski definition) is 4. The predicted molar refractivity (Wildman–Crippen MR) is 91.7 cm³/mol. The van der Waals surface area contributed by atoms with Gasteiger partial charge in [-0.2, -0.15) is 0 Å². The molecule has 3 aromatic heterocycles. The van der Waals surface area contributed by atoms with Crippen LogP contribution in [0.25, 0.3) is 16.7 Å². The number of carbonyl (C=O) groups excluding carboxylic acids is 1. The van der Waals surface area contributed by atoms with Gasteiger partial charge in [0.25, 0.3) is 5.91 Å². The monoisotopic (exact) mass is 359 g/mol. The zero-order chi connectivity index (χ0) is 17.4. The van der Waals surface area contributed by atoms with Crippen molar-refractivity contribution in [3.05, 3.63) is 47.8 Å². The van der Waals surface area contributed by atoms with Crippen LogP contribution in [0, 0.1) is 0 Å². The number of rotatable bonds is 2. The number of likely N-dealkylation sites (tertiary alicyclic amines) is 1. The minimum atomic E-state index is -0.818. The number of hydrogen-bond donors (Lipinski definition) is 0. The summed E-state index contributed by atoms with van der Waals surface area (Å²) in [5.41, 5.74) is 1.81. The molecular formula is C17H15ClFN5O. The van der Waals surface area contributed by atoms with Crippen molar-refractivity contribution >= 4 is 28.5 Å².